The van der Waals surface area contributed by atoms with Crippen molar-refractivity contribution in [3.8, 4) is 5.75 Å². The Kier molecular flexibility index (Phi) is 19.8. The molecule has 1 rings (SSSR count). The minimum absolute atomic E-state index is 0. The van der Waals surface area contributed by atoms with Crippen molar-refractivity contribution < 1.29 is 9.53 Å². The molecule has 0 fully saturated rings. The summed E-state index contributed by atoms with van der Waals surface area (Å²) in [4.78, 5) is 11.2. The molecule has 0 heterocycles. The van der Waals surface area contributed by atoms with Crippen LogP contribution in [0, 0.1) is 0 Å². The molecule has 4 nitrogen and oxygen atoms in total. The number of rotatable bonds is 10. The maximum atomic E-state index is 11.2. The first kappa shape index (κ1) is 26.8. The van der Waals surface area contributed by atoms with E-state index in [0.717, 1.165) is 25.0 Å². The second-order valence-electron chi connectivity index (χ2n) is 5.98. The van der Waals surface area contributed by atoms with Crippen LogP contribution in [0.3, 0.4) is 0 Å². The number of esters is 1. The average Bonchev–Trinajstić information content (AvgIpc) is 2.57. The van der Waals surface area contributed by atoms with Gasteiger partial charge in [-0.2, -0.15) is 0 Å². The van der Waals surface area contributed by atoms with Crippen LogP contribution in [-0.4, -0.2) is 48.6 Å². The van der Waals surface area contributed by atoms with Crippen LogP contribution in [-0.2, 0) is 17.6 Å². The fourth-order valence-corrected chi connectivity index (χ4v) is 2.50. The van der Waals surface area contributed by atoms with Crippen molar-refractivity contribution in [1.82, 2.24) is 0 Å². The summed E-state index contributed by atoms with van der Waals surface area (Å²) in [6.07, 6.45) is 9.39. The summed E-state index contributed by atoms with van der Waals surface area (Å²) in [5.74, 6) is 0.537. The van der Waals surface area contributed by atoms with E-state index in [0.29, 0.717) is 13.1 Å². The van der Waals surface area contributed by atoms with Gasteiger partial charge in [0.25, 0.3) is 0 Å². The van der Waals surface area contributed by atoms with E-state index in [9.17, 15) is 4.79 Å². The van der Waals surface area contributed by atoms with Crippen LogP contribution in [0.4, 0.5) is 0 Å². The van der Waals surface area contributed by atoms with Gasteiger partial charge in [0.2, 0.25) is 0 Å². The molecule has 0 saturated heterocycles. The van der Waals surface area contributed by atoms with Gasteiger partial charge < -0.3 is 16.2 Å². The van der Waals surface area contributed by atoms with Gasteiger partial charge in [0.1, 0.15) is 5.75 Å². The third kappa shape index (κ3) is 13.5. The van der Waals surface area contributed by atoms with E-state index in [1.165, 1.54) is 50.2 Å². The number of hydrogen-bond acceptors (Lipinski definition) is 4. The second kappa shape index (κ2) is 18.4. The quantitative estimate of drug-likeness (QED) is 0.290. The van der Waals surface area contributed by atoms with Gasteiger partial charge >= 0.3 is 35.5 Å². The van der Waals surface area contributed by atoms with Crippen LogP contribution in [0.15, 0.2) is 18.2 Å². The first-order chi connectivity index (χ1) is 11.6. The Morgan fingerprint density at radius 1 is 0.960 bits per heavy atom. The minimum atomic E-state index is -0.229. The van der Waals surface area contributed by atoms with Crippen LogP contribution < -0.4 is 16.2 Å². The van der Waals surface area contributed by atoms with E-state index >= 15 is 0 Å². The molecule has 140 valence electrons. The van der Waals surface area contributed by atoms with Gasteiger partial charge in [-0.3, -0.25) is 4.79 Å². The van der Waals surface area contributed by atoms with E-state index in [2.05, 4.69) is 19.9 Å². The van der Waals surface area contributed by atoms with Crippen LogP contribution in [0.1, 0.15) is 70.4 Å². The SMILES string of the molecule is CCCCCc1cccc(OC(C)=O)c1CCCCC.NCCN.[NaH]. The molecule has 5 heteroatoms. The van der Waals surface area contributed by atoms with Gasteiger partial charge in [-0.1, -0.05) is 51.7 Å². The molecule has 25 heavy (non-hydrogen) atoms. The van der Waals surface area contributed by atoms with Gasteiger partial charge in [-0.25, -0.2) is 0 Å². The molecule has 1 aromatic rings. The van der Waals surface area contributed by atoms with Gasteiger partial charge in [-0.05, 0) is 42.9 Å². The zero-order valence-corrected chi connectivity index (χ0v) is 15.8. The molecule has 0 aromatic heterocycles. The Labute approximate surface area is 176 Å². The molecule has 0 aliphatic carbocycles. The molecule has 0 spiro atoms. The number of carbonyl (C=O) groups excluding carboxylic acids is 1. The molecule has 0 saturated carbocycles. The molecule has 0 unspecified atom stereocenters. The molecule has 1 aromatic carbocycles. The summed E-state index contributed by atoms with van der Waals surface area (Å²) in [5.41, 5.74) is 12.4. The van der Waals surface area contributed by atoms with Gasteiger partial charge in [0.05, 0.1) is 0 Å². The van der Waals surface area contributed by atoms with E-state index in [1.807, 2.05) is 12.1 Å². The number of nitrogens with two attached hydrogens (primary N) is 2. The first-order valence-electron chi connectivity index (χ1n) is 9.29. The Hall–Kier alpha value is -0.390. The van der Waals surface area contributed by atoms with Crippen molar-refractivity contribution >= 4 is 35.5 Å². The van der Waals surface area contributed by atoms with Crippen LogP contribution in [0.25, 0.3) is 0 Å². The van der Waals surface area contributed by atoms with Crippen LogP contribution in [0.5, 0.6) is 5.75 Å². The Balaban J connectivity index is 0. The van der Waals surface area contributed by atoms with Crippen LogP contribution >= 0.6 is 0 Å². The zero-order valence-electron chi connectivity index (χ0n) is 15.8. The molecule has 0 bridgehead atoms. The normalized spacial score (nSPS) is 9.64. The number of unbranched alkanes of at least 4 members (excludes halogenated alkanes) is 4. The summed E-state index contributed by atoms with van der Waals surface area (Å²) in [6.45, 7) is 7.09. The Bertz CT molecular complexity index is 451. The van der Waals surface area contributed by atoms with Gasteiger partial charge in [0, 0.05) is 20.0 Å². The first-order valence-corrected chi connectivity index (χ1v) is 9.29. The van der Waals surface area contributed by atoms with E-state index < -0.39 is 0 Å². The zero-order chi connectivity index (χ0) is 18.2. The average molecular weight is 361 g/mol. The topological polar surface area (TPSA) is 78.3 Å². The molecule has 0 radical (unpaired) electrons. The molecule has 0 aliphatic rings. The predicted molar refractivity (Wildman–Crippen MR) is 109 cm³/mol. The van der Waals surface area contributed by atoms with Gasteiger partial charge in [0.15, 0.2) is 0 Å². The fraction of sp³-hybridized carbons (Fsp3) is 0.650. The standard InChI is InChI=1S/C18H28O2.C2H8N2.Na.H/c1-4-6-8-11-16-12-10-14-18(20-15(3)19)17(16)13-9-7-5-2;3-1-2-4;;/h10,12,14H,4-9,11,13H2,1-3H3;1-4H2;;. The summed E-state index contributed by atoms with van der Waals surface area (Å²) in [6, 6.07) is 6.11. The monoisotopic (exact) mass is 360 g/mol. The number of carbonyl (C=O) groups is 1. The second-order valence-corrected chi connectivity index (χ2v) is 5.98. The van der Waals surface area contributed by atoms with Crippen molar-refractivity contribution in [1.29, 1.82) is 0 Å². The van der Waals surface area contributed by atoms with E-state index in [4.69, 9.17) is 16.2 Å². The van der Waals surface area contributed by atoms with E-state index in [-0.39, 0.29) is 35.5 Å². The third-order valence-electron chi connectivity index (χ3n) is 3.73. The van der Waals surface area contributed by atoms with Crippen molar-refractivity contribution in [2.45, 2.75) is 72.1 Å². The van der Waals surface area contributed by atoms with Crippen molar-refractivity contribution in [3.05, 3.63) is 29.3 Å². The van der Waals surface area contributed by atoms with Crippen molar-refractivity contribution in [3.63, 3.8) is 0 Å². The summed E-state index contributed by atoms with van der Waals surface area (Å²) >= 11 is 0. The van der Waals surface area contributed by atoms with Crippen molar-refractivity contribution in [2.75, 3.05) is 13.1 Å². The van der Waals surface area contributed by atoms with Crippen molar-refractivity contribution in [2.24, 2.45) is 11.5 Å². The summed E-state index contributed by atoms with van der Waals surface area (Å²) in [5, 5.41) is 0. The molecule has 0 amide bonds. The number of ether oxygens (including phenoxy) is 1. The van der Waals surface area contributed by atoms with Crippen LogP contribution in [0.2, 0.25) is 0 Å². The molecular weight excluding hydrogens is 323 g/mol. The molecule has 4 N–H and O–H groups in total. The Morgan fingerprint density at radius 2 is 1.52 bits per heavy atom. The molecular formula is C20H37N2NaO2. The third-order valence-corrected chi connectivity index (χ3v) is 3.73. The number of aryl methyl sites for hydroxylation is 1. The predicted octanol–water partition coefficient (Wildman–Crippen LogP) is 3.33. The number of benzene rings is 1. The Morgan fingerprint density at radius 3 is 2.00 bits per heavy atom. The number of hydrogen-bond donors (Lipinski definition) is 2. The van der Waals surface area contributed by atoms with E-state index in [1.54, 1.807) is 0 Å². The molecule has 0 atom stereocenters. The van der Waals surface area contributed by atoms with Gasteiger partial charge in [-0.15, -0.1) is 0 Å². The fourth-order valence-electron chi connectivity index (χ4n) is 2.50. The molecule has 0 aliphatic heterocycles. The summed E-state index contributed by atoms with van der Waals surface area (Å²) in [7, 11) is 0. The maximum absolute atomic E-state index is 11.2. The summed E-state index contributed by atoms with van der Waals surface area (Å²) < 4.78 is 5.38.